The first-order valence-electron chi connectivity index (χ1n) is 7.72. The first-order valence-corrected chi connectivity index (χ1v) is 10.4. The molecule has 0 fully saturated rings. The van der Waals surface area contributed by atoms with Gasteiger partial charge in [0.1, 0.15) is 5.03 Å². The van der Waals surface area contributed by atoms with Crippen LogP contribution < -0.4 is 0 Å². The highest BCUT2D eigenvalue weighted by molar-refractivity contribution is 8.00. The molecule has 1 aliphatic rings. The largest absolute Gasteiger partial charge is 0.481 e. The molecule has 1 aliphatic heterocycles. The van der Waals surface area contributed by atoms with Gasteiger partial charge < -0.3 is 9.84 Å². The minimum atomic E-state index is -0.837. The maximum absolute atomic E-state index is 11.0. The van der Waals surface area contributed by atoms with Crippen molar-refractivity contribution >= 4 is 51.0 Å². The third kappa shape index (κ3) is 3.87. The van der Waals surface area contributed by atoms with Crippen LogP contribution in [0.15, 0.2) is 10.2 Å². The average Bonchev–Trinajstić information content (AvgIpc) is 2.80. The lowest BCUT2D eigenvalue weighted by molar-refractivity contribution is -0.133. The number of hydrogen-bond donors (Lipinski definition) is 1. The van der Waals surface area contributed by atoms with Crippen molar-refractivity contribution in [3.63, 3.8) is 0 Å². The molecule has 2 aromatic rings. The van der Waals surface area contributed by atoms with Gasteiger partial charge in [0.15, 0.2) is 5.16 Å². The quantitative estimate of drug-likeness (QED) is 0.470. The van der Waals surface area contributed by atoms with Crippen LogP contribution in [-0.4, -0.2) is 37.6 Å². The molecule has 0 saturated heterocycles. The lowest BCUT2D eigenvalue weighted by Crippen LogP contribution is -2.30. The summed E-state index contributed by atoms with van der Waals surface area (Å²) >= 11 is 4.54. The van der Waals surface area contributed by atoms with Gasteiger partial charge in [0.05, 0.1) is 28.2 Å². The van der Waals surface area contributed by atoms with Crippen LogP contribution in [0.1, 0.15) is 38.1 Å². The zero-order valence-corrected chi connectivity index (χ0v) is 16.5. The topological polar surface area (TPSA) is 72.3 Å². The number of rotatable bonds is 5. The summed E-state index contributed by atoms with van der Waals surface area (Å²) in [6, 6.07) is 0. The van der Waals surface area contributed by atoms with Crippen molar-refractivity contribution < 1.29 is 14.6 Å². The Morgan fingerprint density at radius 3 is 2.83 bits per heavy atom. The van der Waals surface area contributed by atoms with E-state index in [0.717, 1.165) is 27.2 Å². The van der Waals surface area contributed by atoms with Gasteiger partial charge in [0.25, 0.3) is 0 Å². The number of ether oxygens (including phenoxy) is 1. The number of aliphatic carboxylic acids is 1. The molecule has 0 saturated carbocycles. The minimum Gasteiger partial charge on any atom is -0.481 e. The van der Waals surface area contributed by atoms with E-state index in [9.17, 15) is 4.79 Å². The molecule has 5 nitrogen and oxygen atoms in total. The summed E-state index contributed by atoms with van der Waals surface area (Å²) in [5.74, 6) is -0.835. The van der Waals surface area contributed by atoms with E-state index in [4.69, 9.17) is 14.8 Å². The highest BCUT2D eigenvalue weighted by Crippen LogP contribution is 2.42. The Morgan fingerprint density at radius 2 is 2.17 bits per heavy atom. The zero-order valence-electron chi connectivity index (χ0n) is 14.1. The van der Waals surface area contributed by atoms with E-state index in [-0.39, 0.29) is 11.4 Å². The SMILES string of the molecule is CC(C)Sc1nc(SCC(=O)O)c2sc3c(c2n1)COC(C)(C)C3. The van der Waals surface area contributed by atoms with E-state index in [1.165, 1.54) is 16.6 Å². The number of nitrogens with zero attached hydrogens (tertiary/aromatic N) is 2. The highest BCUT2D eigenvalue weighted by Gasteiger charge is 2.30. The predicted octanol–water partition coefficient (Wildman–Crippen LogP) is 4.22. The second-order valence-electron chi connectivity index (χ2n) is 6.57. The molecule has 0 aromatic carbocycles. The molecule has 0 bridgehead atoms. The van der Waals surface area contributed by atoms with Crippen molar-refractivity contribution in [2.75, 3.05) is 5.75 Å². The summed E-state index contributed by atoms with van der Waals surface area (Å²) in [5.41, 5.74) is 1.89. The van der Waals surface area contributed by atoms with E-state index in [1.54, 1.807) is 23.1 Å². The maximum atomic E-state index is 11.0. The number of thioether (sulfide) groups is 2. The third-order valence-corrected chi connectivity index (χ3v) is 6.71. The second-order valence-corrected chi connectivity index (χ2v) is 10.2. The molecular weight excluding hydrogens is 364 g/mol. The molecule has 0 unspecified atom stereocenters. The summed E-state index contributed by atoms with van der Waals surface area (Å²) in [6.45, 7) is 8.92. The molecule has 1 N–H and O–H groups in total. The second kappa shape index (κ2) is 6.82. The van der Waals surface area contributed by atoms with Gasteiger partial charge in [-0.05, 0) is 13.8 Å². The Balaban J connectivity index is 2.09. The molecule has 0 aliphatic carbocycles. The molecule has 0 spiro atoms. The highest BCUT2D eigenvalue weighted by atomic mass is 32.2. The molecule has 24 heavy (non-hydrogen) atoms. The summed E-state index contributed by atoms with van der Waals surface area (Å²) in [4.78, 5) is 21.6. The first kappa shape index (κ1) is 18.0. The number of thiophene rings is 1. The third-order valence-electron chi connectivity index (χ3n) is 3.53. The Labute approximate surface area is 153 Å². The fourth-order valence-corrected chi connectivity index (χ4v) is 5.56. The van der Waals surface area contributed by atoms with Crippen LogP contribution in [0.2, 0.25) is 0 Å². The van der Waals surface area contributed by atoms with Gasteiger partial charge in [0, 0.05) is 22.1 Å². The van der Waals surface area contributed by atoms with Gasteiger partial charge >= 0.3 is 5.97 Å². The molecule has 0 radical (unpaired) electrons. The smallest absolute Gasteiger partial charge is 0.313 e. The van der Waals surface area contributed by atoms with Gasteiger partial charge in [-0.2, -0.15) is 0 Å². The summed E-state index contributed by atoms with van der Waals surface area (Å²) in [5, 5.41) is 10.8. The summed E-state index contributed by atoms with van der Waals surface area (Å²) in [7, 11) is 0. The van der Waals surface area contributed by atoms with E-state index in [2.05, 4.69) is 32.7 Å². The van der Waals surface area contributed by atoms with E-state index in [1.807, 2.05) is 0 Å². The Hall–Kier alpha value is -0.830. The van der Waals surface area contributed by atoms with Crippen LogP contribution in [0.25, 0.3) is 10.2 Å². The Morgan fingerprint density at radius 1 is 1.42 bits per heavy atom. The molecule has 8 heteroatoms. The number of fused-ring (bicyclic) bond motifs is 3. The van der Waals surface area contributed by atoms with Gasteiger partial charge in [-0.25, -0.2) is 9.97 Å². The van der Waals surface area contributed by atoms with Crippen LogP contribution in [0.4, 0.5) is 0 Å². The molecular formula is C16H20N2O3S3. The van der Waals surface area contributed by atoms with E-state index in [0.29, 0.717) is 17.0 Å². The number of hydrogen-bond acceptors (Lipinski definition) is 7. The number of carboxylic acids is 1. The number of carbonyl (C=O) groups is 1. The monoisotopic (exact) mass is 384 g/mol. The van der Waals surface area contributed by atoms with Gasteiger partial charge in [-0.3, -0.25) is 4.79 Å². The van der Waals surface area contributed by atoms with Crippen molar-refractivity contribution in [1.82, 2.24) is 9.97 Å². The van der Waals surface area contributed by atoms with Crippen LogP contribution in [-0.2, 0) is 22.6 Å². The van der Waals surface area contributed by atoms with Crippen LogP contribution in [0.5, 0.6) is 0 Å². The van der Waals surface area contributed by atoms with Crippen molar-refractivity contribution in [2.45, 2.75) is 61.8 Å². The lowest BCUT2D eigenvalue weighted by atomic mass is 9.98. The van der Waals surface area contributed by atoms with E-state index < -0.39 is 5.97 Å². The van der Waals surface area contributed by atoms with Crippen molar-refractivity contribution in [2.24, 2.45) is 0 Å². The van der Waals surface area contributed by atoms with Gasteiger partial charge in [-0.1, -0.05) is 37.4 Å². The average molecular weight is 385 g/mol. The number of aromatic nitrogens is 2. The molecule has 130 valence electrons. The maximum Gasteiger partial charge on any atom is 0.313 e. The molecule has 3 heterocycles. The standard InChI is InChI=1S/C16H20N2O3S3/c1-8(2)23-15-17-12-9-6-21-16(3,4)5-10(9)24-13(12)14(18-15)22-7-11(19)20/h8H,5-7H2,1-4H3,(H,19,20). The normalized spacial score (nSPS) is 16.5. The van der Waals surface area contributed by atoms with Crippen molar-refractivity contribution in [3.05, 3.63) is 10.4 Å². The van der Waals surface area contributed by atoms with Crippen molar-refractivity contribution in [1.29, 1.82) is 0 Å². The lowest BCUT2D eigenvalue weighted by Gasteiger charge is -2.29. The number of carboxylic acid groups (broad SMARTS) is 1. The van der Waals surface area contributed by atoms with Crippen LogP contribution >= 0.6 is 34.9 Å². The van der Waals surface area contributed by atoms with Crippen molar-refractivity contribution in [3.8, 4) is 0 Å². The van der Waals surface area contributed by atoms with Crippen LogP contribution in [0.3, 0.4) is 0 Å². The Kier molecular flexibility index (Phi) is 5.11. The fourth-order valence-electron chi connectivity index (χ4n) is 2.51. The summed E-state index contributed by atoms with van der Waals surface area (Å²) in [6.07, 6.45) is 0.846. The predicted molar refractivity (Wildman–Crippen MR) is 99.3 cm³/mol. The van der Waals surface area contributed by atoms with Gasteiger partial charge in [0.2, 0.25) is 0 Å². The van der Waals surface area contributed by atoms with Crippen LogP contribution in [0, 0.1) is 0 Å². The fraction of sp³-hybridized carbons (Fsp3) is 0.562. The molecule has 3 rings (SSSR count). The van der Waals surface area contributed by atoms with Gasteiger partial charge in [-0.15, -0.1) is 11.3 Å². The van der Waals surface area contributed by atoms with E-state index >= 15 is 0 Å². The zero-order chi connectivity index (χ0) is 17.5. The summed E-state index contributed by atoms with van der Waals surface area (Å²) < 4.78 is 6.94. The molecule has 0 atom stereocenters. The minimum absolute atomic E-state index is 0.00244. The first-order chi connectivity index (χ1) is 11.2. The Bertz CT molecular complexity index is 786. The molecule has 0 amide bonds. The molecule has 2 aromatic heterocycles.